The molecule has 0 bridgehead atoms. The number of para-hydroxylation sites is 1. The summed E-state index contributed by atoms with van der Waals surface area (Å²) in [6.45, 7) is 0.700. The highest BCUT2D eigenvalue weighted by atomic mass is 32.1. The Kier molecular flexibility index (Phi) is 3.59. The lowest BCUT2D eigenvalue weighted by atomic mass is 10.1. The van der Waals surface area contributed by atoms with Crippen LogP contribution in [0, 0.1) is 0 Å². The molecule has 2 N–H and O–H groups in total. The first-order chi connectivity index (χ1) is 7.85. The summed E-state index contributed by atoms with van der Waals surface area (Å²) in [5.74, 6) is 0.920. The van der Waals surface area contributed by atoms with E-state index in [-0.39, 0.29) is 0 Å². The Hall–Kier alpha value is -1.32. The maximum Gasteiger partial charge on any atom is 0.127 e. The quantitative estimate of drug-likeness (QED) is 0.881. The standard InChI is InChI=1S/C13H15NOS/c1-15-12-5-3-2-4-11(12)13-7-6-10(16-13)8-9-14/h2-7H,8-9,14H2,1H3. The number of hydrogen-bond donors (Lipinski definition) is 1. The van der Waals surface area contributed by atoms with Crippen LogP contribution in [0.4, 0.5) is 0 Å². The van der Waals surface area contributed by atoms with Crippen molar-refractivity contribution in [2.24, 2.45) is 5.73 Å². The molecule has 0 spiro atoms. The van der Waals surface area contributed by atoms with Crippen LogP contribution < -0.4 is 10.5 Å². The van der Waals surface area contributed by atoms with Crippen molar-refractivity contribution in [1.29, 1.82) is 0 Å². The Balaban J connectivity index is 2.34. The molecule has 1 heterocycles. The van der Waals surface area contributed by atoms with Gasteiger partial charge in [0.25, 0.3) is 0 Å². The molecule has 0 atom stereocenters. The number of nitrogens with two attached hydrogens (primary N) is 1. The lowest BCUT2D eigenvalue weighted by molar-refractivity contribution is 0.416. The maximum atomic E-state index is 5.55. The van der Waals surface area contributed by atoms with Crippen LogP contribution in [0.2, 0.25) is 0 Å². The van der Waals surface area contributed by atoms with Gasteiger partial charge in [0.05, 0.1) is 7.11 Å². The monoisotopic (exact) mass is 233 g/mol. The first-order valence-corrected chi connectivity index (χ1v) is 6.09. The summed E-state index contributed by atoms with van der Waals surface area (Å²) in [6.07, 6.45) is 0.944. The molecule has 0 aliphatic heterocycles. The highest BCUT2D eigenvalue weighted by molar-refractivity contribution is 7.15. The van der Waals surface area contributed by atoms with E-state index in [0.717, 1.165) is 17.7 Å². The number of benzene rings is 1. The second-order valence-electron chi connectivity index (χ2n) is 3.50. The third-order valence-electron chi connectivity index (χ3n) is 2.42. The fourth-order valence-electron chi connectivity index (χ4n) is 1.65. The Morgan fingerprint density at radius 2 is 2.00 bits per heavy atom. The number of rotatable bonds is 4. The van der Waals surface area contributed by atoms with E-state index in [1.807, 2.05) is 18.2 Å². The summed E-state index contributed by atoms with van der Waals surface area (Å²) in [5, 5.41) is 0. The lowest BCUT2D eigenvalue weighted by Crippen LogP contribution is -2.00. The molecule has 1 aromatic heterocycles. The highest BCUT2D eigenvalue weighted by Crippen LogP contribution is 2.34. The van der Waals surface area contributed by atoms with Gasteiger partial charge < -0.3 is 10.5 Å². The molecule has 0 aliphatic rings. The largest absolute Gasteiger partial charge is 0.496 e. The molecule has 16 heavy (non-hydrogen) atoms. The van der Waals surface area contributed by atoms with Gasteiger partial charge in [0.1, 0.15) is 5.75 Å². The minimum Gasteiger partial charge on any atom is -0.496 e. The molecule has 0 amide bonds. The zero-order valence-corrected chi connectivity index (χ0v) is 10.1. The molecule has 0 radical (unpaired) electrons. The van der Waals surface area contributed by atoms with Gasteiger partial charge in [-0.05, 0) is 37.2 Å². The van der Waals surface area contributed by atoms with E-state index in [1.165, 1.54) is 9.75 Å². The molecule has 2 rings (SSSR count). The van der Waals surface area contributed by atoms with Crippen molar-refractivity contribution in [3.05, 3.63) is 41.3 Å². The average molecular weight is 233 g/mol. The van der Waals surface area contributed by atoms with Crippen molar-refractivity contribution in [2.75, 3.05) is 13.7 Å². The average Bonchev–Trinajstić information content (AvgIpc) is 2.78. The van der Waals surface area contributed by atoms with Crippen LogP contribution >= 0.6 is 11.3 Å². The van der Waals surface area contributed by atoms with Gasteiger partial charge in [-0.2, -0.15) is 0 Å². The van der Waals surface area contributed by atoms with Crippen molar-refractivity contribution >= 4 is 11.3 Å². The number of thiophene rings is 1. The predicted octanol–water partition coefficient (Wildman–Crippen LogP) is 2.92. The van der Waals surface area contributed by atoms with Gasteiger partial charge in [0.2, 0.25) is 0 Å². The van der Waals surface area contributed by atoms with Crippen molar-refractivity contribution in [3.8, 4) is 16.2 Å². The molecule has 2 nitrogen and oxygen atoms in total. The summed E-state index contributed by atoms with van der Waals surface area (Å²) in [4.78, 5) is 2.56. The van der Waals surface area contributed by atoms with Gasteiger partial charge in [0.15, 0.2) is 0 Å². The van der Waals surface area contributed by atoms with Crippen molar-refractivity contribution < 1.29 is 4.74 Å². The first-order valence-electron chi connectivity index (χ1n) is 5.27. The first kappa shape index (κ1) is 11.2. The highest BCUT2D eigenvalue weighted by Gasteiger charge is 2.07. The summed E-state index contributed by atoms with van der Waals surface area (Å²) in [7, 11) is 1.70. The third-order valence-corrected chi connectivity index (χ3v) is 3.60. The van der Waals surface area contributed by atoms with E-state index in [9.17, 15) is 0 Å². The topological polar surface area (TPSA) is 35.2 Å². The van der Waals surface area contributed by atoms with Crippen LogP contribution in [0.1, 0.15) is 4.88 Å². The second-order valence-corrected chi connectivity index (χ2v) is 4.67. The molecule has 84 valence electrons. The summed E-state index contributed by atoms with van der Waals surface area (Å²) < 4.78 is 5.35. The summed E-state index contributed by atoms with van der Waals surface area (Å²) >= 11 is 1.78. The zero-order valence-electron chi connectivity index (χ0n) is 9.27. The number of methoxy groups -OCH3 is 1. The van der Waals surface area contributed by atoms with Crippen LogP contribution in [-0.2, 0) is 6.42 Å². The normalized spacial score (nSPS) is 10.4. The number of ether oxygens (including phenoxy) is 1. The minimum atomic E-state index is 0.700. The van der Waals surface area contributed by atoms with Crippen LogP contribution in [0.15, 0.2) is 36.4 Å². The van der Waals surface area contributed by atoms with E-state index in [1.54, 1.807) is 18.4 Å². The van der Waals surface area contributed by atoms with E-state index in [2.05, 4.69) is 18.2 Å². The molecule has 0 aliphatic carbocycles. The van der Waals surface area contributed by atoms with Gasteiger partial charge in [-0.1, -0.05) is 12.1 Å². The van der Waals surface area contributed by atoms with Crippen LogP contribution in [-0.4, -0.2) is 13.7 Å². The summed E-state index contributed by atoms with van der Waals surface area (Å²) in [5.41, 5.74) is 6.70. The zero-order chi connectivity index (χ0) is 11.4. The van der Waals surface area contributed by atoms with Gasteiger partial charge >= 0.3 is 0 Å². The molecular formula is C13H15NOS. The Bertz CT molecular complexity index is 464. The molecule has 3 heteroatoms. The second kappa shape index (κ2) is 5.14. The van der Waals surface area contributed by atoms with Crippen molar-refractivity contribution in [3.63, 3.8) is 0 Å². The molecule has 2 aromatic rings. The molecule has 0 saturated carbocycles. The fraction of sp³-hybridized carbons (Fsp3) is 0.231. The van der Waals surface area contributed by atoms with Gasteiger partial charge in [-0.25, -0.2) is 0 Å². The third kappa shape index (κ3) is 2.26. The van der Waals surface area contributed by atoms with Gasteiger partial charge in [-0.3, -0.25) is 0 Å². The molecule has 0 unspecified atom stereocenters. The SMILES string of the molecule is COc1ccccc1-c1ccc(CCN)s1. The minimum absolute atomic E-state index is 0.700. The summed E-state index contributed by atoms with van der Waals surface area (Å²) in [6, 6.07) is 12.3. The lowest BCUT2D eigenvalue weighted by Gasteiger charge is -2.05. The van der Waals surface area contributed by atoms with Crippen LogP contribution in [0.3, 0.4) is 0 Å². The Labute approximate surface area is 99.7 Å². The number of hydrogen-bond acceptors (Lipinski definition) is 3. The van der Waals surface area contributed by atoms with E-state index >= 15 is 0 Å². The predicted molar refractivity (Wildman–Crippen MR) is 69.1 cm³/mol. The molecule has 1 aromatic carbocycles. The van der Waals surface area contributed by atoms with E-state index in [0.29, 0.717) is 6.54 Å². The van der Waals surface area contributed by atoms with E-state index in [4.69, 9.17) is 10.5 Å². The Morgan fingerprint density at radius 3 is 2.75 bits per heavy atom. The maximum absolute atomic E-state index is 5.55. The van der Waals surface area contributed by atoms with Crippen molar-refractivity contribution in [2.45, 2.75) is 6.42 Å². The van der Waals surface area contributed by atoms with Crippen LogP contribution in [0.5, 0.6) is 5.75 Å². The van der Waals surface area contributed by atoms with Gasteiger partial charge in [-0.15, -0.1) is 11.3 Å². The van der Waals surface area contributed by atoms with E-state index < -0.39 is 0 Å². The fourth-order valence-corrected chi connectivity index (χ4v) is 2.70. The van der Waals surface area contributed by atoms with Crippen molar-refractivity contribution in [1.82, 2.24) is 0 Å². The molecule has 0 fully saturated rings. The van der Waals surface area contributed by atoms with Gasteiger partial charge in [0, 0.05) is 15.3 Å². The van der Waals surface area contributed by atoms with Crippen LogP contribution in [0.25, 0.3) is 10.4 Å². The molecular weight excluding hydrogens is 218 g/mol. The molecule has 0 saturated heterocycles. The smallest absolute Gasteiger partial charge is 0.127 e. The Morgan fingerprint density at radius 1 is 1.19 bits per heavy atom.